The van der Waals surface area contributed by atoms with Gasteiger partial charge in [-0.2, -0.15) is 0 Å². The highest BCUT2D eigenvalue weighted by Gasteiger charge is 2.18. The van der Waals surface area contributed by atoms with Gasteiger partial charge in [0.2, 0.25) is 0 Å². The molecule has 19 heavy (non-hydrogen) atoms. The maximum atomic E-state index is 5.98. The predicted octanol–water partition coefficient (Wildman–Crippen LogP) is 1.50. The summed E-state index contributed by atoms with van der Waals surface area (Å²) in [4.78, 5) is 11.3. The van der Waals surface area contributed by atoms with Gasteiger partial charge in [-0.3, -0.25) is 9.88 Å². The van der Waals surface area contributed by atoms with E-state index in [1.807, 2.05) is 12.4 Å². The van der Waals surface area contributed by atoms with Crippen molar-refractivity contribution >= 4 is 17.3 Å². The Bertz CT molecular complexity index is 389. The van der Waals surface area contributed by atoms with Crippen molar-refractivity contribution in [1.29, 1.82) is 0 Å². The second-order valence-corrected chi connectivity index (χ2v) is 5.54. The minimum absolute atomic E-state index is 0.532. The van der Waals surface area contributed by atoms with Crippen LogP contribution in [0.2, 0.25) is 0 Å². The van der Waals surface area contributed by atoms with E-state index < -0.39 is 0 Å². The number of nitrogens with zero attached hydrogens (tertiary/aromatic N) is 4. The van der Waals surface area contributed by atoms with Crippen molar-refractivity contribution in [3.05, 3.63) is 24.0 Å². The summed E-state index contributed by atoms with van der Waals surface area (Å²) in [6, 6.07) is 2.08. The number of anilines is 1. The molecule has 1 aliphatic rings. The number of hydrogen-bond acceptors (Lipinski definition) is 4. The number of alkyl halides is 1. The number of rotatable bonds is 5. The molecule has 0 spiro atoms. The standard InChI is InChI=1S/C14H23ClN4/c1-17(2)5-6-18-7-9-19(10-8-18)14-3-4-16-12-13(14)11-15/h3-4,12H,5-11H2,1-2H3. The van der Waals surface area contributed by atoms with Gasteiger partial charge in [-0.1, -0.05) is 0 Å². The largest absolute Gasteiger partial charge is 0.369 e. The Kier molecular flexibility index (Phi) is 5.43. The van der Waals surface area contributed by atoms with Gasteiger partial charge >= 0.3 is 0 Å². The third-order valence-corrected chi connectivity index (χ3v) is 3.89. The van der Waals surface area contributed by atoms with Gasteiger partial charge < -0.3 is 9.80 Å². The minimum Gasteiger partial charge on any atom is -0.369 e. The normalized spacial score (nSPS) is 17.2. The topological polar surface area (TPSA) is 22.6 Å². The Morgan fingerprint density at radius 2 is 2.00 bits per heavy atom. The lowest BCUT2D eigenvalue weighted by molar-refractivity contribution is 0.229. The van der Waals surface area contributed by atoms with Crippen molar-refractivity contribution in [2.24, 2.45) is 0 Å². The van der Waals surface area contributed by atoms with Crippen LogP contribution >= 0.6 is 11.6 Å². The molecule has 0 N–H and O–H groups in total. The van der Waals surface area contributed by atoms with E-state index in [2.05, 4.69) is 39.8 Å². The maximum absolute atomic E-state index is 5.98. The Morgan fingerprint density at radius 1 is 1.26 bits per heavy atom. The Labute approximate surface area is 121 Å². The number of likely N-dealkylation sites (N-methyl/N-ethyl adjacent to an activating group) is 1. The highest BCUT2D eigenvalue weighted by Crippen LogP contribution is 2.22. The Balaban J connectivity index is 1.89. The van der Waals surface area contributed by atoms with Crippen LogP contribution in [0.25, 0.3) is 0 Å². The fraction of sp³-hybridized carbons (Fsp3) is 0.643. The van der Waals surface area contributed by atoms with Crippen molar-refractivity contribution in [2.75, 3.05) is 58.3 Å². The third kappa shape index (κ3) is 4.06. The summed E-state index contributed by atoms with van der Waals surface area (Å²) in [5.74, 6) is 0.532. The first kappa shape index (κ1) is 14.6. The van der Waals surface area contributed by atoms with Crippen molar-refractivity contribution in [1.82, 2.24) is 14.8 Å². The van der Waals surface area contributed by atoms with Gasteiger partial charge in [0, 0.05) is 62.9 Å². The van der Waals surface area contributed by atoms with E-state index in [1.165, 1.54) is 5.69 Å². The number of aromatic nitrogens is 1. The van der Waals surface area contributed by atoms with Crippen LogP contribution in [0.4, 0.5) is 5.69 Å². The molecule has 5 heteroatoms. The van der Waals surface area contributed by atoms with E-state index in [0.29, 0.717) is 5.88 Å². The summed E-state index contributed by atoms with van der Waals surface area (Å²) in [7, 11) is 4.25. The van der Waals surface area contributed by atoms with Crippen LogP contribution < -0.4 is 4.90 Å². The Morgan fingerprint density at radius 3 is 2.63 bits per heavy atom. The van der Waals surface area contributed by atoms with Crippen LogP contribution in [-0.4, -0.2) is 68.1 Å². The molecule has 0 amide bonds. The van der Waals surface area contributed by atoms with Crippen LogP contribution in [0.1, 0.15) is 5.56 Å². The first-order valence-electron chi connectivity index (χ1n) is 6.81. The predicted molar refractivity (Wildman–Crippen MR) is 81.0 cm³/mol. The fourth-order valence-corrected chi connectivity index (χ4v) is 2.59. The molecule has 0 bridgehead atoms. The second-order valence-electron chi connectivity index (χ2n) is 5.27. The quantitative estimate of drug-likeness (QED) is 0.764. The van der Waals surface area contributed by atoms with Crippen molar-refractivity contribution in [3.8, 4) is 0 Å². The lowest BCUT2D eigenvalue weighted by Gasteiger charge is -2.37. The molecule has 1 aromatic rings. The summed E-state index contributed by atoms with van der Waals surface area (Å²) >= 11 is 5.98. The first-order valence-corrected chi connectivity index (χ1v) is 7.35. The first-order chi connectivity index (χ1) is 9.20. The molecule has 0 aromatic carbocycles. The maximum Gasteiger partial charge on any atom is 0.0509 e. The van der Waals surface area contributed by atoms with Crippen LogP contribution in [0.15, 0.2) is 18.5 Å². The van der Waals surface area contributed by atoms with Gasteiger partial charge in [-0.05, 0) is 20.2 Å². The molecule has 106 valence electrons. The molecule has 4 nitrogen and oxygen atoms in total. The average molecular weight is 283 g/mol. The molecule has 2 rings (SSSR count). The minimum atomic E-state index is 0.532. The number of hydrogen-bond donors (Lipinski definition) is 0. The van der Waals surface area contributed by atoms with E-state index in [1.54, 1.807) is 0 Å². The van der Waals surface area contributed by atoms with Gasteiger partial charge in [0.15, 0.2) is 0 Å². The summed E-state index contributed by atoms with van der Waals surface area (Å²) in [6.45, 7) is 6.67. The second kappa shape index (κ2) is 7.08. The molecule has 0 radical (unpaired) electrons. The third-order valence-electron chi connectivity index (χ3n) is 3.60. The zero-order valence-corrected chi connectivity index (χ0v) is 12.6. The van der Waals surface area contributed by atoms with E-state index >= 15 is 0 Å². The smallest absolute Gasteiger partial charge is 0.0509 e. The highest BCUT2D eigenvalue weighted by atomic mass is 35.5. The Hall–Kier alpha value is -0.840. The van der Waals surface area contributed by atoms with E-state index in [9.17, 15) is 0 Å². The van der Waals surface area contributed by atoms with Crippen LogP contribution in [0.5, 0.6) is 0 Å². The van der Waals surface area contributed by atoms with E-state index in [0.717, 1.165) is 44.8 Å². The zero-order chi connectivity index (χ0) is 13.7. The molecule has 0 unspecified atom stereocenters. The summed E-state index contributed by atoms with van der Waals surface area (Å²) in [5, 5.41) is 0. The monoisotopic (exact) mass is 282 g/mol. The van der Waals surface area contributed by atoms with Gasteiger partial charge in [-0.15, -0.1) is 11.6 Å². The lowest BCUT2D eigenvalue weighted by atomic mass is 10.2. The van der Waals surface area contributed by atoms with Gasteiger partial charge in [-0.25, -0.2) is 0 Å². The molecule has 1 aliphatic heterocycles. The average Bonchev–Trinajstić information content (AvgIpc) is 2.45. The molecule has 0 aliphatic carbocycles. The van der Waals surface area contributed by atoms with Crippen molar-refractivity contribution in [3.63, 3.8) is 0 Å². The molecular weight excluding hydrogens is 260 g/mol. The fourth-order valence-electron chi connectivity index (χ4n) is 2.39. The SMILES string of the molecule is CN(C)CCN1CCN(c2ccncc2CCl)CC1. The number of pyridine rings is 1. The molecule has 0 saturated carbocycles. The van der Waals surface area contributed by atoms with Gasteiger partial charge in [0.25, 0.3) is 0 Å². The van der Waals surface area contributed by atoms with Crippen LogP contribution in [-0.2, 0) is 5.88 Å². The molecule has 1 saturated heterocycles. The van der Waals surface area contributed by atoms with E-state index in [4.69, 9.17) is 11.6 Å². The lowest BCUT2D eigenvalue weighted by Crippen LogP contribution is -2.48. The molecule has 2 heterocycles. The summed E-state index contributed by atoms with van der Waals surface area (Å²) in [6.07, 6.45) is 3.73. The summed E-state index contributed by atoms with van der Waals surface area (Å²) in [5.41, 5.74) is 2.38. The highest BCUT2D eigenvalue weighted by molar-refractivity contribution is 6.17. The van der Waals surface area contributed by atoms with Crippen LogP contribution in [0.3, 0.4) is 0 Å². The molecular formula is C14H23ClN4. The zero-order valence-electron chi connectivity index (χ0n) is 11.8. The van der Waals surface area contributed by atoms with Crippen molar-refractivity contribution < 1.29 is 0 Å². The summed E-state index contributed by atoms with van der Waals surface area (Å²) < 4.78 is 0. The van der Waals surface area contributed by atoms with Crippen LogP contribution in [0, 0.1) is 0 Å². The van der Waals surface area contributed by atoms with Gasteiger partial charge in [0.05, 0.1) is 5.88 Å². The van der Waals surface area contributed by atoms with E-state index in [-0.39, 0.29) is 0 Å². The molecule has 1 fully saturated rings. The number of halogens is 1. The molecule has 1 aromatic heterocycles. The van der Waals surface area contributed by atoms with Gasteiger partial charge in [0.1, 0.15) is 0 Å². The number of piperazine rings is 1. The van der Waals surface area contributed by atoms with Crippen molar-refractivity contribution in [2.45, 2.75) is 5.88 Å². The molecule has 0 atom stereocenters.